The summed E-state index contributed by atoms with van der Waals surface area (Å²) in [6, 6.07) is 7.49. The number of methoxy groups -OCH3 is 1. The Morgan fingerprint density at radius 1 is 1.29 bits per heavy atom. The number of ether oxygens (including phenoxy) is 1. The summed E-state index contributed by atoms with van der Waals surface area (Å²) in [6.07, 6.45) is 0. The number of primary amides is 1. The predicted molar refractivity (Wildman–Crippen MR) is 85.0 cm³/mol. The van der Waals surface area contributed by atoms with Crippen LogP contribution in [0, 0.1) is 5.92 Å². The van der Waals surface area contributed by atoms with Crippen LogP contribution in [-0.2, 0) is 4.79 Å². The number of benzene rings is 1. The third kappa shape index (κ3) is 5.02. The highest BCUT2D eigenvalue weighted by atomic mass is 16.5. The Morgan fingerprint density at radius 3 is 2.38 bits per heavy atom. The lowest BCUT2D eigenvalue weighted by Gasteiger charge is -2.35. The molecule has 2 unspecified atom stereocenters. The minimum absolute atomic E-state index is 0.115. The topological polar surface area (TPSA) is 81.6 Å². The van der Waals surface area contributed by atoms with E-state index >= 15 is 0 Å². The van der Waals surface area contributed by atoms with Gasteiger partial charge in [0.25, 0.3) is 0 Å². The molecule has 1 aromatic rings. The molecule has 118 valence electrons. The van der Waals surface area contributed by atoms with Gasteiger partial charge in [0, 0.05) is 18.2 Å². The van der Waals surface area contributed by atoms with Gasteiger partial charge in [-0.1, -0.05) is 32.0 Å². The van der Waals surface area contributed by atoms with Crippen LogP contribution in [-0.4, -0.2) is 37.0 Å². The van der Waals surface area contributed by atoms with Gasteiger partial charge in [-0.25, -0.2) is 0 Å². The average molecular weight is 293 g/mol. The summed E-state index contributed by atoms with van der Waals surface area (Å²) < 4.78 is 5.44. The van der Waals surface area contributed by atoms with Crippen molar-refractivity contribution in [2.75, 3.05) is 20.2 Å². The number of nitrogens with zero attached hydrogens (tertiary/aromatic N) is 1. The number of hydrogen-bond acceptors (Lipinski definition) is 4. The van der Waals surface area contributed by atoms with Crippen LogP contribution < -0.4 is 16.2 Å². The molecule has 5 heteroatoms. The summed E-state index contributed by atoms with van der Waals surface area (Å²) in [7, 11) is 1.64. The number of para-hydroxylation sites is 1. The van der Waals surface area contributed by atoms with Crippen molar-refractivity contribution < 1.29 is 9.53 Å². The molecule has 0 aromatic heterocycles. The lowest BCUT2D eigenvalue weighted by atomic mass is 9.97. The Balaban J connectivity index is 3.20. The molecule has 4 N–H and O–H groups in total. The van der Waals surface area contributed by atoms with Crippen LogP contribution in [0.3, 0.4) is 0 Å². The predicted octanol–water partition coefficient (Wildman–Crippen LogP) is 1.53. The SMILES string of the molecule is COc1ccccc1C(C(C)N)N(CC(N)=O)CC(C)C. The molecule has 21 heavy (non-hydrogen) atoms. The van der Waals surface area contributed by atoms with Crippen molar-refractivity contribution in [3.8, 4) is 5.75 Å². The first-order valence-electron chi connectivity index (χ1n) is 7.27. The molecular weight excluding hydrogens is 266 g/mol. The summed E-state index contributed by atoms with van der Waals surface area (Å²) in [5.41, 5.74) is 12.6. The van der Waals surface area contributed by atoms with E-state index in [1.807, 2.05) is 36.1 Å². The second kappa shape index (κ2) is 8.00. The highest BCUT2D eigenvalue weighted by Gasteiger charge is 2.28. The summed E-state index contributed by atoms with van der Waals surface area (Å²) in [5.74, 6) is 0.828. The van der Waals surface area contributed by atoms with Crippen molar-refractivity contribution in [1.82, 2.24) is 4.90 Å². The third-order valence-corrected chi connectivity index (χ3v) is 3.31. The average Bonchev–Trinajstić information content (AvgIpc) is 2.37. The van der Waals surface area contributed by atoms with E-state index in [2.05, 4.69) is 13.8 Å². The van der Waals surface area contributed by atoms with Crippen LogP contribution >= 0.6 is 0 Å². The quantitative estimate of drug-likeness (QED) is 0.761. The van der Waals surface area contributed by atoms with Gasteiger partial charge in [-0.3, -0.25) is 9.69 Å². The van der Waals surface area contributed by atoms with Gasteiger partial charge in [0.2, 0.25) is 5.91 Å². The van der Waals surface area contributed by atoms with Crippen LogP contribution in [0.15, 0.2) is 24.3 Å². The molecule has 1 rings (SSSR count). The minimum Gasteiger partial charge on any atom is -0.496 e. The summed E-state index contributed by atoms with van der Waals surface area (Å²) in [6.45, 7) is 7.07. The van der Waals surface area contributed by atoms with Crippen molar-refractivity contribution in [1.29, 1.82) is 0 Å². The Hall–Kier alpha value is -1.59. The highest BCUT2D eigenvalue weighted by molar-refractivity contribution is 5.76. The fourth-order valence-corrected chi connectivity index (χ4v) is 2.67. The molecule has 0 aliphatic rings. The van der Waals surface area contributed by atoms with E-state index in [0.29, 0.717) is 5.92 Å². The number of rotatable bonds is 8. The molecule has 0 aliphatic carbocycles. The van der Waals surface area contributed by atoms with E-state index < -0.39 is 0 Å². The van der Waals surface area contributed by atoms with Crippen molar-refractivity contribution in [2.24, 2.45) is 17.4 Å². The van der Waals surface area contributed by atoms with E-state index in [1.54, 1.807) is 7.11 Å². The smallest absolute Gasteiger partial charge is 0.231 e. The van der Waals surface area contributed by atoms with Crippen molar-refractivity contribution in [2.45, 2.75) is 32.9 Å². The monoisotopic (exact) mass is 293 g/mol. The van der Waals surface area contributed by atoms with Crippen LogP contribution in [0.5, 0.6) is 5.75 Å². The van der Waals surface area contributed by atoms with Crippen molar-refractivity contribution >= 4 is 5.91 Å². The molecule has 0 saturated carbocycles. The van der Waals surface area contributed by atoms with Gasteiger partial charge in [-0.15, -0.1) is 0 Å². The molecule has 1 aromatic carbocycles. The van der Waals surface area contributed by atoms with Crippen LogP contribution in [0.25, 0.3) is 0 Å². The van der Waals surface area contributed by atoms with Crippen molar-refractivity contribution in [3.63, 3.8) is 0 Å². The van der Waals surface area contributed by atoms with E-state index in [-0.39, 0.29) is 24.5 Å². The Kier molecular flexibility index (Phi) is 6.65. The van der Waals surface area contributed by atoms with Crippen LogP contribution in [0.2, 0.25) is 0 Å². The maximum Gasteiger partial charge on any atom is 0.231 e. The number of carbonyl (C=O) groups excluding carboxylic acids is 1. The summed E-state index contributed by atoms with van der Waals surface area (Å²) in [4.78, 5) is 13.4. The van der Waals surface area contributed by atoms with Gasteiger partial charge in [0.05, 0.1) is 19.7 Å². The van der Waals surface area contributed by atoms with E-state index in [1.165, 1.54) is 0 Å². The molecule has 0 bridgehead atoms. The van der Waals surface area contributed by atoms with E-state index in [4.69, 9.17) is 16.2 Å². The molecular formula is C16H27N3O2. The number of carbonyl (C=O) groups is 1. The standard InChI is InChI=1S/C16H27N3O2/c1-11(2)9-19(10-15(18)20)16(12(3)17)13-7-5-6-8-14(13)21-4/h5-8,11-12,16H,9-10,17H2,1-4H3,(H2,18,20). The first-order valence-corrected chi connectivity index (χ1v) is 7.27. The molecule has 1 amide bonds. The second-order valence-electron chi connectivity index (χ2n) is 5.84. The zero-order valence-electron chi connectivity index (χ0n) is 13.4. The lowest BCUT2D eigenvalue weighted by molar-refractivity contribution is -0.120. The number of hydrogen-bond donors (Lipinski definition) is 2. The van der Waals surface area contributed by atoms with Crippen molar-refractivity contribution in [3.05, 3.63) is 29.8 Å². The van der Waals surface area contributed by atoms with Gasteiger partial charge < -0.3 is 16.2 Å². The Labute approximate surface area is 127 Å². The van der Waals surface area contributed by atoms with Gasteiger partial charge >= 0.3 is 0 Å². The molecule has 0 fully saturated rings. The lowest BCUT2D eigenvalue weighted by Crippen LogP contribution is -2.45. The maximum absolute atomic E-state index is 11.4. The summed E-state index contributed by atoms with van der Waals surface area (Å²) in [5, 5.41) is 0. The van der Waals surface area contributed by atoms with Gasteiger partial charge in [-0.2, -0.15) is 0 Å². The van der Waals surface area contributed by atoms with E-state index in [9.17, 15) is 4.79 Å². The molecule has 0 saturated heterocycles. The van der Waals surface area contributed by atoms with Gasteiger partial charge in [0.1, 0.15) is 5.75 Å². The molecule has 0 aliphatic heterocycles. The zero-order chi connectivity index (χ0) is 16.0. The van der Waals surface area contributed by atoms with Gasteiger partial charge in [-0.05, 0) is 18.9 Å². The van der Waals surface area contributed by atoms with Crippen LogP contribution in [0.4, 0.5) is 0 Å². The molecule has 2 atom stereocenters. The molecule has 0 radical (unpaired) electrons. The minimum atomic E-state index is -0.351. The third-order valence-electron chi connectivity index (χ3n) is 3.31. The Bertz CT molecular complexity index is 461. The fourth-order valence-electron chi connectivity index (χ4n) is 2.67. The number of nitrogens with two attached hydrogens (primary N) is 2. The highest BCUT2D eigenvalue weighted by Crippen LogP contribution is 2.31. The molecule has 5 nitrogen and oxygen atoms in total. The van der Waals surface area contributed by atoms with E-state index in [0.717, 1.165) is 17.9 Å². The summed E-state index contributed by atoms with van der Waals surface area (Å²) >= 11 is 0. The number of amides is 1. The molecule has 0 heterocycles. The molecule has 0 spiro atoms. The maximum atomic E-state index is 11.4. The first kappa shape index (κ1) is 17.5. The van der Waals surface area contributed by atoms with Gasteiger partial charge in [0.15, 0.2) is 0 Å². The Morgan fingerprint density at radius 2 is 1.90 bits per heavy atom. The second-order valence-corrected chi connectivity index (χ2v) is 5.84. The van der Waals surface area contributed by atoms with Crippen LogP contribution in [0.1, 0.15) is 32.4 Å². The normalized spacial score (nSPS) is 14.2. The largest absolute Gasteiger partial charge is 0.496 e. The fraction of sp³-hybridized carbons (Fsp3) is 0.562. The zero-order valence-corrected chi connectivity index (χ0v) is 13.4. The first-order chi connectivity index (χ1) is 9.86.